The van der Waals surface area contributed by atoms with Crippen molar-refractivity contribution >= 4 is 17.3 Å². The molecule has 108 valence electrons. The second-order valence-electron chi connectivity index (χ2n) is 4.45. The fourth-order valence-corrected chi connectivity index (χ4v) is 2.44. The number of nitrogens with one attached hydrogen (secondary N) is 2. The number of nitrogens with zero attached hydrogens (tertiary/aromatic N) is 1. The fraction of sp³-hybridized carbons (Fsp3) is 0.643. The predicted molar refractivity (Wildman–Crippen MR) is 83.2 cm³/mol. The van der Waals surface area contributed by atoms with Crippen LogP contribution in [0.4, 0.5) is 0 Å². The average molecular weight is 283 g/mol. The molecule has 1 rings (SSSR count). The summed E-state index contributed by atoms with van der Waals surface area (Å²) in [6.45, 7) is 7.62. The first-order valence-corrected chi connectivity index (χ1v) is 7.75. The molecule has 0 saturated carbocycles. The number of rotatable bonds is 8. The second-order valence-corrected chi connectivity index (χ2v) is 5.23. The molecule has 0 aliphatic rings. The van der Waals surface area contributed by atoms with Gasteiger partial charge in [-0.05, 0) is 35.7 Å². The van der Waals surface area contributed by atoms with E-state index in [2.05, 4.69) is 46.3 Å². The van der Waals surface area contributed by atoms with Crippen LogP contribution < -0.4 is 10.6 Å². The topological polar surface area (TPSA) is 45.7 Å². The maximum Gasteiger partial charge on any atom is 0.191 e. The Kier molecular flexibility index (Phi) is 8.25. The summed E-state index contributed by atoms with van der Waals surface area (Å²) in [5.41, 5.74) is 1.36. The molecule has 0 aliphatic heterocycles. The highest BCUT2D eigenvalue weighted by atomic mass is 32.1. The van der Waals surface area contributed by atoms with E-state index in [0.717, 1.165) is 38.6 Å². The Morgan fingerprint density at radius 1 is 1.47 bits per heavy atom. The standard InChI is InChI=1S/C14H25N3OS/c1-4-15-14(16-7-5-8-18-3)17-10-12(2)13-6-9-19-11-13/h6,9,11-12H,4-5,7-8,10H2,1-3H3,(H2,15,16,17). The normalized spacial score (nSPS) is 13.3. The zero-order valence-electron chi connectivity index (χ0n) is 12.1. The van der Waals surface area contributed by atoms with Crippen molar-refractivity contribution < 1.29 is 4.74 Å². The molecule has 1 heterocycles. The molecular formula is C14H25N3OS. The first kappa shape index (κ1) is 16.0. The monoisotopic (exact) mass is 283 g/mol. The van der Waals surface area contributed by atoms with Crippen molar-refractivity contribution in [3.05, 3.63) is 22.4 Å². The quantitative estimate of drug-likeness (QED) is 0.437. The predicted octanol–water partition coefficient (Wildman–Crippen LogP) is 2.44. The molecule has 5 heteroatoms. The highest BCUT2D eigenvalue weighted by Gasteiger charge is 2.05. The molecule has 4 nitrogen and oxygen atoms in total. The number of ether oxygens (including phenoxy) is 1. The molecule has 2 N–H and O–H groups in total. The Labute approximate surface area is 120 Å². The second kappa shape index (κ2) is 9.81. The van der Waals surface area contributed by atoms with Crippen molar-refractivity contribution in [1.29, 1.82) is 0 Å². The Balaban J connectivity index is 2.39. The number of guanidine groups is 1. The number of methoxy groups -OCH3 is 1. The fourth-order valence-electron chi connectivity index (χ4n) is 1.65. The molecular weight excluding hydrogens is 258 g/mol. The minimum Gasteiger partial charge on any atom is -0.385 e. The summed E-state index contributed by atoms with van der Waals surface area (Å²) < 4.78 is 5.03. The van der Waals surface area contributed by atoms with Crippen LogP contribution in [0.2, 0.25) is 0 Å². The van der Waals surface area contributed by atoms with E-state index in [9.17, 15) is 0 Å². The zero-order chi connectivity index (χ0) is 13.9. The lowest BCUT2D eigenvalue weighted by Crippen LogP contribution is -2.38. The van der Waals surface area contributed by atoms with Crippen molar-refractivity contribution in [3.63, 3.8) is 0 Å². The summed E-state index contributed by atoms with van der Waals surface area (Å²) in [5, 5.41) is 10.9. The van der Waals surface area contributed by atoms with Gasteiger partial charge in [-0.15, -0.1) is 0 Å². The average Bonchev–Trinajstić information content (AvgIpc) is 2.94. The maximum absolute atomic E-state index is 5.03. The van der Waals surface area contributed by atoms with Crippen LogP contribution in [0, 0.1) is 0 Å². The van der Waals surface area contributed by atoms with Gasteiger partial charge in [0.15, 0.2) is 5.96 Å². The Bertz CT molecular complexity index is 352. The summed E-state index contributed by atoms with van der Waals surface area (Å²) >= 11 is 1.74. The van der Waals surface area contributed by atoms with Crippen LogP contribution in [0.25, 0.3) is 0 Å². The number of hydrogen-bond acceptors (Lipinski definition) is 3. The first-order chi connectivity index (χ1) is 9.27. The lowest BCUT2D eigenvalue weighted by Gasteiger charge is -2.12. The van der Waals surface area contributed by atoms with Crippen LogP contribution in [-0.4, -0.2) is 39.3 Å². The van der Waals surface area contributed by atoms with Crippen molar-refractivity contribution in [2.45, 2.75) is 26.2 Å². The molecule has 0 fully saturated rings. The van der Waals surface area contributed by atoms with Gasteiger partial charge < -0.3 is 15.4 Å². The smallest absolute Gasteiger partial charge is 0.191 e. The molecule has 0 aliphatic carbocycles. The molecule has 1 aromatic heterocycles. The van der Waals surface area contributed by atoms with Gasteiger partial charge in [0.25, 0.3) is 0 Å². The van der Waals surface area contributed by atoms with Crippen LogP contribution in [0.5, 0.6) is 0 Å². The minimum absolute atomic E-state index is 0.459. The third-order valence-corrected chi connectivity index (χ3v) is 3.50. The van der Waals surface area contributed by atoms with Crippen molar-refractivity contribution in [1.82, 2.24) is 10.6 Å². The molecule has 0 aromatic carbocycles. The molecule has 0 radical (unpaired) electrons. The summed E-state index contributed by atoms with van der Waals surface area (Å²) in [7, 11) is 1.72. The molecule has 0 spiro atoms. The summed E-state index contributed by atoms with van der Waals surface area (Å²) in [6, 6.07) is 2.17. The summed E-state index contributed by atoms with van der Waals surface area (Å²) in [4.78, 5) is 4.63. The van der Waals surface area contributed by atoms with Crippen LogP contribution in [0.15, 0.2) is 21.8 Å². The summed E-state index contributed by atoms with van der Waals surface area (Å²) in [5.74, 6) is 1.35. The van der Waals surface area contributed by atoms with Crippen molar-refractivity contribution in [3.8, 4) is 0 Å². The third kappa shape index (κ3) is 6.59. The SMILES string of the molecule is CCNC(=NCC(C)c1ccsc1)NCCCOC. The highest BCUT2D eigenvalue weighted by Crippen LogP contribution is 2.18. The van der Waals surface area contributed by atoms with Gasteiger partial charge in [0.1, 0.15) is 0 Å². The maximum atomic E-state index is 5.03. The molecule has 0 amide bonds. The van der Waals surface area contributed by atoms with Crippen LogP contribution in [0.3, 0.4) is 0 Å². The van der Waals surface area contributed by atoms with Gasteiger partial charge in [-0.1, -0.05) is 6.92 Å². The lowest BCUT2D eigenvalue weighted by molar-refractivity contribution is 0.195. The van der Waals surface area contributed by atoms with Gasteiger partial charge in [-0.25, -0.2) is 0 Å². The van der Waals surface area contributed by atoms with E-state index in [-0.39, 0.29) is 0 Å². The Hall–Kier alpha value is -1.07. The van der Waals surface area contributed by atoms with E-state index in [4.69, 9.17) is 4.74 Å². The third-order valence-electron chi connectivity index (χ3n) is 2.80. The van der Waals surface area contributed by atoms with E-state index in [1.807, 2.05) is 0 Å². The van der Waals surface area contributed by atoms with Crippen molar-refractivity contribution in [2.24, 2.45) is 4.99 Å². The van der Waals surface area contributed by atoms with E-state index in [0.29, 0.717) is 5.92 Å². The van der Waals surface area contributed by atoms with E-state index < -0.39 is 0 Å². The van der Waals surface area contributed by atoms with Gasteiger partial charge in [-0.3, -0.25) is 4.99 Å². The Morgan fingerprint density at radius 2 is 2.32 bits per heavy atom. The van der Waals surface area contributed by atoms with Crippen LogP contribution >= 0.6 is 11.3 Å². The van der Waals surface area contributed by atoms with E-state index in [1.165, 1.54) is 5.56 Å². The van der Waals surface area contributed by atoms with Crippen LogP contribution in [0.1, 0.15) is 31.7 Å². The molecule has 1 aromatic rings. The van der Waals surface area contributed by atoms with Gasteiger partial charge in [-0.2, -0.15) is 11.3 Å². The van der Waals surface area contributed by atoms with Gasteiger partial charge in [0.05, 0.1) is 0 Å². The van der Waals surface area contributed by atoms with Gasteiger partial charge in [0, 0.05) is 39.3 Å². The summed E-state index contributed by atoms with van der Waals surface area (Å²) in [6.07, 6.45) is 0.987. The lowest BCUT2D eigenvalue weighted by atomic mass is 10.1. The number of hydrogen-bond donors (Lipinski definition) is 2. The zero-order valence-corrected chi connectivity index (χ0v) is 12.9. The van der Waals surface area contributed by atoms with Gasteiger partial charge in [0.2, 0.25) is 0 Å². The molecule has 0 bridgehead atoms. The highest BCUT2D eigenvalue weighted by molar-refractivity contribution is 7.07. The number of thiophene rings is 1. The first-order valence-electron chi connectivity index (χ1n) is 6.81. The minimum atomic E-state index is 0.459. The molecule has 1 unspecified atom stereocenters. The van der Waals surface area contributed by atoms with E-state index in [1.54, 1.807) is 18.4 Å². The largest absolute Gasteiger partial charge is 0.385 e. The van der Waals surface area contributed by atoms with E-state index >= 15 is 0 Å². The van der Waals surface area contributed by atoms with Crippen LogP contribution in [-0.2, 0) is 4.74 Å². The van der Waals surface area contributed by atoms with Crippen molar-refractivity contribution in [2.75, 3.05) is 33.4 Å². The molecule has 0 saturated heterocycles. The number of aliphatic imine (C=N–C) groups is 1. The van der Waals surface area contributed by atoms with Gasteiger partial charge >= 0.3 is 0 Å². The molecule has 19 heavy (non-hydrogen) atoms. The molecule has 1 atom stereocenters. The Morgan fingerprint density at radius 3 is 2.95 bits per heavy atom.